The van der Waals surface area contributed by atoms with E-state index in [1.54, 1.807) is 18.2 Å². The molecule has 0 atom stereocenters. The third-order valence-corrected chi connectivity index (χ3v) is 3.51. The summed E-state index contributed by atoms with van der Waals surface area (Å²) in [6.45, 7) is 0. The van der Waals surface area contributed by atoms with Crippen LogP contribution in [0.15, 0.2) is 60.7 Å². The second-order valence-corrected chi connectivity index (χ2v) is 4.91. The molecule has 106 valence electrons. The average Bonchev–Trinajstić information content (AvgIpc) is 3.11. The number of H-pyrrole nitrogens is 1. The van der Waals surface area contributed by atoms with Crippen LogP contribution in [0, 0.1) is 0 Å². The van der Waals surface area contributed by atoms with Crippen molar-refractivity contribution < 1.29 is 11.0 Å². The number of para-hydroxylation sites is 2. The Kier molecular flexibility index (Phi) is 2.43. The summed E-state index contributed by atoms with van der Waals surface area (Å²) >= 11 is 0. The number of carbonyl (C=O) groups excluding carboxylic acids is 2. The van der Waals surface area contributed by atoms with E-state index in [4.69, 9.17) is 1.37 Å². The van der Waals surface area contributed by atoms with E-state index in [0.29, 0.717) is 5.82 Å². The fourth-order valence-electron chi connectivity index (χ4n) is 2.43. The van der Waals surface area contributed by atoms with E-state index >= 15 is 0 Å². The van der Waals surface area contributed by atoms with E-state index in [1.807, 2.05) is 24.3 Å². The van der Waals surface area contributed by atoms with Crippen LogP contribution in [0.4, 0.5) is 5.69 Å². The van der Waals surface area contributed by atoms with Gasteiger partial charge in [-0.2, -0.15) is 0 Å². The molecule has 5 heteroatoms. The predicted molar refractivity (Wildman–Crippen MR) is 83.2 cm³/mol. The maximum atomic E-state index is 11.7. The number of anilines is 1. The lowest BCUT2D eigenvalue weighted by Gasteiger charge is -2.13. The van der Waals surface area contributed by atoms with E-state index in [9.17, 15) is 9.59 Å². The van der Waals surface area contributed by atoms with Gasteiger partial charge in [0.15, 0.2) is 0 Å². The lowest BCUT2D eigenvalue weighted by Crippen LogP contribution is -2.29. The molecule has 0 radical (unpaired) electrons. The van der Waals surface area contributed by atoms with E-state index in [1.165, 1.54) is 12.2 Å². The summed E-state index contributed by atoms with van der Waals surface area (Å²) in [5.74, 6) is -0.219. The molecule has 3 aromatic rings. The molecule has 0 saturated heterocycles. The highest BCUT2D eigenvalue weighted by Gasteiger charge is 2.24. The van der Waals surface area contributed by atoms with Crippen molar-refractivity contribution in [2.75, 3.05) is 4.90 Å². The molecule has 4 rings (SSSR count). The van der Waals surface area contributed by atoms with E-state index in [0.717, 1.165) is 21.5 Å². The number of imide groups is 1. The van der Waals surface area contributed by atoms with Gasteiger partial charge < -0.3 is 4.98 Å². The number of rotatable bonds is 2. The highest BCUT2D eigenvalue weighted by molar-refractivity contribution is 6.28. The zero-order valence-electron chi connectivity index (χ0n) is 12.4. The summed E-state index contributed by atoms with van der Waals surface area (Å²) in [6.07, 6.45) is 2.41. The standard InChI is InChI=1S/C17H11N3O2/c21-15-9-10-16(22)20(15)12-7-5-11(6-8-12)17-18-13-3-1-2-4-14(13)19-17/h1-10H,(H,18,19)/i7D. The van der Waals surface area contributed by atoms with Crippen molar-refractivity contribution >= 4 is 28.5 Å². The number of aromatic amines is 1. The van der Waals surface area contributed by atoms with Crippen molar-refractivity contribution in [1.29, 1.82) is 0 Å². The normalized spacial score (nSPS) is 14.9. The largest absolute Gasteiger partial charge is 0.338 e. The van der Waals surface area contributed by atoms with Crippen LogP contribution in [0.1, 0.15) is 1.37 Å². The van der Waals surface area contributed by atoms with Crippen molar-refractivity contribution in [2.45, 2.75) is 0 Å². The Bertz CT molecular complexity index is 939. The van der Waals surface area contributed by atoms with E-state index < -0.39 is 11.8 Å². The van der Waals surface area contributed by atoms with Crippen LogP contribution < -0.4 is 4.90 Å². The zero-order valence-corrected chi connectivity index (χ0v) is 11.4. The Morgan fingerprint density at radius 1 is 1.00 bits per heavy atom. The van der Waals surface area contributed by atoms with Gasteiger partial charge in [-0.15, -0.1) is 0 Å². The maximum absolute atomic E-state index is 11.7. The number of aromatic nitrogens is 2. The number of nitrogens with zero attached hydrogens (tertiary/aromatic N) is 2. The summed E-state index contributed by atoms with van der Waals surface area (Å²) in [6, 6.07) is 12.7. The Labute approximate surface area is 127 Å². The summed E-state index contributed by atoms with van der Waals surface area (Å²) in [4.78, 5) is 32.1. The minimum absolute atomic E-state index is 0.0911. The molecule has 1 aliphatic heterocycles. The summed E-state index contributed by atoms with van der Waals surface area (Å²) < 4.78 is 8.12. The molecule has 0 bridgehead atoms. The smallest absolute Gasteiger partial charge is 0.258 e. The molecule has 0 fully saturated rings. The van der Waals surface area contributed by atoms with Crippen LogP contribution >= 0.6 is 0 Å². The highest BCUT2D eigenvalue weighted by atomic mass is 16.2. The number of nitrogens with one attached hydrogen (secondary N) is 1. The van der Waals surface area contributed by atoms with Crippen molar-refractivity contribution in [3.63, 3.8) is 0 Å². The van der Waals surface area contributed by atoms with Crippen LogP contribution in [0.5, 0.6) is 0 Å². The minimum Gasteiger partial charge on any atom is -0.338 e. The van der Waals surface area contributed by atoms with Gasteiger partial charge in [-0.1, -0.05) is 12.1 Å². The number of benzene rings is 2. The zero-order chi connectivity index (χ0) is 16.0. The first-order chi connectivity index (χ1) is 11.1. The molecule has 1 aliphatic rings. The van der Waals surface area contributed by atoms with Crippen molar-refractivity contribution in [3.8, 4) is 11.4 Å². The number of fused-ring (bicyclic) bond motifs is 1. The van der Waals surface area contributed by atoms with Crippen molar-refractivity contribution in [3.05, 3.63) is 60.7 Å². The van der Waals surface area contributed by atoms with E-state index in [-0.39, 0.29) is 11.7 Å². The van der Waals surface area contributed by atoms with Crippen LogP contribution in [0.25, 0.3) is 22.4 Å². The fourth-order valence-corrected chi connectivity index (χ4v) is 2.43. The highest BCUT2D eigenvalue weighted by Crippen LogP contribution is 2.25. The summed E-state index contributed by atoms with van der Waals surface area (Å²) in [5.41, 5.74) is 2.74. The molecule has 22 heavy (non-hydrogen) atoms. The minimum atomic E-state index is -0.431. The predicted octanol–water partition coefficient (Wildman–Crippen LogP) is 2.66. The van der Waals surface area contributed by atoms with Gasteiger partial charge in [-0.25, -0.2) is 9.88 Å². The molecule has 2 aromatic carbocycles. The van der Waals surface area contributed by atoms with Crippen LogP contribution in [-0.4, -0.2) is 21.8 Å². The van der Waals surface area contributed by atoms with Gasteiger partial charge in [-0.3, -0.25) is 9.59 Å². The third-order valence-electron chi connectivity index (χ3n) is 3.51. The van der Waals surface area contributed by atoms with Crippen molar-refractivity contribution in [1.82, 2.24) is 9.97 Å². The number of carbonyl (C=O) groups is 2. The topological polar surface area (TPSA) is 66.1 Å². The number of hydrogen-bond acceptors (Lipinski definition) is 3. The van der Waals surface area contributed by atoms with Gasteiger partial charge >= 0.3 is 0 Å². The second-order valence-electron chi connectivity index (χ2n) is 4.91. The molecule has 2 heterocycles. The second kappa shape index (κ2) is 4.66. The van der Waals surface area contributed by atoms with E-state index in [2.05, 4.69) is 9.97 Å². The number of hydrogen-bond donors (Lipinski definition) is 1. The molecule has 2 amide bonds. The first-order valence-electron chi connectivity index (χ1n) is 7.25. The first-order valence-corrected chi connectivity index (χ1v) is 6.75. The van der Waals surface area contributed by atoms with Gasteiger partial charge in [-0.05, 0) is 36.4 Å². The molecule has 0 spiro atoms. The average molecular weight is 290 g/mol. The van der Waals surface area contributed by atoms with Crippen LogP contribution in [0.3, 0.4) is 0 Å². The Balaban J connectivity index is 1.76. The number of imidazole rings is 1. The quantitative estimate of drug-likeness (QED) is 0.738. The lowest BCUT2D eigenvalue weighted by atomic mass is 10.2. The van der Waals surface area contributed by atoms with Crippen LogP contribution in [-0.2, 0) is 9.59 Å². The Hall–Kier alpha value is -3.21. The van der Waals surface area contributed by atoms with Gasteiger partial charge in [0.2, 0.25) is 0 Å². The molecular formula is C17H11N3O2. The molecule has 5 nitrogen and oxygen atoms in total. The number of amides is 2. The maximum Gasteiger partial charge on any atom is 0.258 e. The van der Waals surface area contributed by atoms with Gasteiger partial charge in [0.25, 0.3) is 11.8 Å². The SMILES string of the molecule is [2H]c1cc(-c2nc3ccccc3[nH]2)ccc1N1C(=O)C=CC1=O. The molecule has 0 aliphatic carbocycles. The van der Waals surface area contributed by atoms with Gasteiger partial charge in [0.05, 0.1) is 18.1 Å². The van der Waals surface area contributed by atoms with Gasteiger partial charge in [0.1, 0.15) is 5.82 Å². The van der Waals surface area contributed by atoms with Gasteiger partial charge in [0, 0.05) is 17.7 Å². The third kappa shape index (κ3) is 1.91. The Morgan fingerprint density at radius 3 is 2.50 bits per heavy atom. The lowest BCUT2D eigenvalue weighted by molar-refractivity contribution is -0.119. The molecule has 0 unspecified atom stereocenters. The molecule has 1 aromatic heterocycles. The van der Waals surface area contributed by atoms with Crippen molar-refractivity contribution in [2.24, 2.45) is 0 Å². The Morgan fingerprint density at radius 2 is 1.77 bits per heavy atom. The monoisotopic (exact) mass is 290 g/mol. The molecule has 0 saturated carbocycles. The molecule has 1 N–H and O–H groups in total. The first kappa shape index (κ1) is 11.4. The summed E-state index contributed by atoms with van der Waals surface area (Å²) in [7, 11) is 0. The van der Waals surface area contributed by atoms with Crippen LogP contribution in [0.2, 0.25) is 0 Å². The fraction of sp³-hybridized carbons (Fsp3) is 0. The summed E-state index contributed by atoms with van der Waals surface area (Å²) in [5, 5.41) is 0. The molecular weight excluding hydrogens is 278 g/mol.